The largest absolute Gasteiger partial charge is 0.489 e. The predicted molar refractivity (Wildman–Crippen MR) is 87.8 cm³/mol. The molecule has 0 heterocycles. The van der Waals surface area contributed by atoms with Gasteiger partial charge in [-0.1, -0.05) is 42.5 Å². The number of ether oxygens (including phenoxy) is 1. The molecule has 0 spiro atoms. The summed E-state index contributed by atoms with van der Waals surface area (Å²) < 4.78 is 28.4. The second-order valence-corrected chi connectivity index (χ2v) is 7.45. The van der Waals surface area contributed by atoms with E-state index in [1.807, 2.05) is 48.5 Å². The Bertz CT molecular complexity index is 906. The third kappa shape index (κ3) is 3.40. The van der Waals surface area contributed by atoms with Crippen LogP contribution in [0.1, 0.15) is 5.56 Å². The zero-order valence-corrected chi connectivity index (χ0v) is 13.1. The van der Waals surface area contributed by atoms with Crippen molar-refractivity contribution in [1.29, 1.82) is 0 Å². The van der Waals surface area contributed by atoms with Crippen LogP contribution in [0.2, 0.25) is 0 Å². The summed E-state index contributed by atoms with van der Waals surface area (Å²) in [6.07, 6.45) is 0. The lowest BCUT2D eigenvalue weighted by atomic mass is 10.1. The molecule has 0 aliphatic heterocycles. The van der Waals surface area contributed by atoms with Gasteiger partial charge in [0.05, 0.1) is 4.90 Å². The van der Waals surface area contributed by atoms with Crippen LogP contribution in [0.25, 0.3) is 10.8 Å². The molecule has 3 nitrogen and oxygen atoms in total. The highest BCUT2D eigenvalue weighted by molar-refractivity contribution is 8.13. The number of fused-ring (bicyclic) bond motifs is 1. The summed E-state index contributed by atoms with van der Waals surface area (Å²) in [4.78, 5) is 0.0969. The maximum absolute atomic E-state index is 11.3. The first-order valence-electron chi connectivity index (χ1n) is 6.67. The zero-order valence-electron chi connectivity index (χ0n) is 11.6. The molecule has 0 aliphatic carbocycles. The Morgan fingerprint density at radius 2 is 1.55 bits per heavy atom. The van der Waals surface area contributed by atoms with Gasteiger partial charge in [-0.15, -0.1) is 0 Å². The molecule has 0 saturated heterocycles. The fraction of sp³-hybridized carbons (Fsp3) is 0.0588. The molecule has 112 valence electrons. The molecule has 5 heteroatoms. The highest BCUT2D eigenvalue weighted by Crippen LogP contribution is 2.25. The van der Waals surface area contributed by atoms with Gasteiger partial charge in [0.25, 0.3) is 9.05 Å². The van der Waals surface area contributed by atoms with Gasteiger partial charge in [-0.2, -0.15) is 0 Å². The van der Waals surface area contributed by atoms with Crippen LogP contribution in [0.5, 0.6) is 5.75 Å². The molecule has 3 aromatic carbocycles. The zero-order chi connectivity index (χ0) is 15.6. The van der Waals surface area contributed by atoms with Crippen molar-refractivity contribution in [2.75, 3.05) is 0 Å². The van der Waals surface area contributed by atoms with E-state index in [1.54, 1.807) is 12.1 Å². The fourth-order valence-electron chi connectivity index (χ4n) is 2.18. The number of halogens is 1. The first-order valence-corrected chi connectivity index (χ1v) is 8.98. The molecule has 0 atom stereocenters. The van der Waals surface area contributed by atoms with Crippen molar-refractivity contribution in [2.24, 2.45) is 0 Å². The molecule has 0 N–H and O–H groups in total. The molecule has 3 aromatic rings. The lowest BCUT2D eigenvalue weighted by Crippen LogP contribution is -1.95. The van der Waals surface area contributed by atoms with E-state index < -0.39 is 9.05 Å². The smallest absolute Gasteiger partial charge is 0.261 e. The predicted octanol–water partition coefficient (Wildman–Crippen LogP) is 4.35. The summed E-state index contributed by atoms with van der Waals surface area (Å²) in [7, 11) is 1.65. The van der Waals surface area contributed by atoms with Gasteiger partial charge in [-0.05, 0) is 40.6 Å². The first kappa shape index (κ1) is 14.9. The normalized spacial score (nSPS) is 11.5. The summed E-state index contributed by atoms with van der Waals surface area (Å²) in [6, 6.07) is 20.2. The number of benzene rings is 3. The quantitative estimate of drug-likeness (QED) is 0.667. The molecule has 0 aromatic heterocycles. The second kappa shape index (κ2) is 5.99. The van der Waals surface area contributed by atoms with Crippen LogP contribution >= 0.6 is 10.7 Å². The third-order valence-electron chi connectivity index (χ3n) is 3.31. The maximum atomic E-state index is 11.3. The maximum Gasteiger partial charge on any atom is 0.261 e. The van der Waals surface area contributed by atoms with Crippen LogP contribution in [-0.4, -0.2) is 8.42 Å². The fourth-order valence-corrected chi connectivity index (χ4v) is 2.97. The van der Waals surface area contributed by atoms with E-state index >= 15 is 0 Å². The number of hydrogen-bond donors (Lipinski definition) is 0. The van der Waals surface area contributed by atoms with E-state index in [1.165, 1.54) is 6.07 Å². The van der Waals surface area contributed by atoms with E-state index in [4.69, 9.17) is 15.4 Å². The van der Waals surface area contributed by atoms with E-state index in [9.17, 15) is 8.42 Å². The monoisotopic (exact) mass is 332 g/mol. The molecule has 0 saturated carbocycles. The lowest BCUT2D eigenvalue weighted by molar-refractivity contribution is 0.306. The van der Waals surface area contributed by atoms with Gasteiger partial charge in [0.15, 0.2) is 0 Å². The number of hydrogen-bond acceptors (Lipinski definition) is 3. The summed E-state index contributed by atoms with van der Waals surface area (Å²) in [5.74, 6) is 0.734. The Morgan fingerprint density at radius 3 is 2.27 bits per heavy atom. The van der Waals surface area contributed by atoms with Gasteiger partial charge < -0.3 is 4.74 Å². The van der Waals surface area contributed by atoms with E-state index in [0.717, 1.165) is 22.1 Å². The summed E-state index contributed by atoms with van der Waals surface area (Å²) in [6.45, 7) is 0.487. The molecule has 0 unspecified atom stereocenters. The van der Waals surface area contributed by atoms with Gasteiger partial charge in [-0.25, -0.2) is 8.42 Å². The first-order chi connectivity index (χ1) is 10.5. The minimum absolute atomic E-state index is 0.0969. The molecular formula is C17H13ClO3S. The molecule has 0 fully saturated rings. The second-order valence-electron chi connectivity index (χ2n) is 4.88. The van der Waals surface area contributed by atoms with Crippen molar-refractivity contribution in [1.82, 2.24) is 0 Å². The number of rotatable bonds is 4. The highest BCUT2D eigenvalue weighted by Gasteiger charge is 2.10. The van der Waals surface area contributed by atoms with Crippen LogP contribution in [0, 0.1) is 0 Å². The van der Waals surface area contributed by atoms with Crippen LogP contribution in [0.3, 0.4) is 0 Å². The van der Waals surface area contributed by atoms with Crippen LogP contribution in [0.15, 0.2) is 71.6 Å². The Labute approximate surface area is 133 Å². The van der Waals surface area contributed by atoms with E-state index in [2.05, 4.69) is 0 Å². The van der Waals surface area contributed by atoms with Gasteiger partial charge >= 0.3 is 0 Å². The van der Waals surface area contributed by atoms with Crippen molar-refractivity contribution in [3.8, 4) is 5.75 Å². The minimum Gasteiger partial charge on any atom is -0.489 e. The Hall–Kier alpha value is -2.04. The SMILES string of the molecule is O=S(=O)(Cl)c1ccc2cc(OCc3ccccc3)ccc2c1. The van der Waals surface area contributed by atoms with Crippen molar-refractivity contribution in [3.63, 3.8) is 0 Å². The average molecular weight is 333 g/mol. The molecule has 22 heavy (non-hydrogen) atoms. The summed E-state index contributed by atoms with van der Waals surface area (Å²) in [5.41, 5.74) is 1.09. The molecule has 0 amide bonds. The Kier molecular flexibility index (Phi) is 4.05. The Morgan fingerprint density at radius 1 is 0.864 bits per heavy atom. The molecular weight excluding hydrogens is 320 g/mol. The minimum atomic E-state index is -3.71. The molecule has 0 aliphatic rings. The van der Waals surface area contributed by atoms with Gasteiger partial charge in [0.2, 0.25) is 0 Å². The Balaban J connectivity index is 1.84. The third-order valence-corrected chi connectivity index (χ3v) is 4.66. The van der Waals surface area contributed by atoms with Crippen molar-refractivity contribution in [2.45, 2.75) is 11.5 Å². The lowest BCUT2D eigenvalue weighted by Gasteiger charge is -2.08. The topological polar surface area (TPSA) is 43.4 Å². The average Bonchev–Trinajstić information content (AvgIpc) is 2.52. The van der Waals surface area contributed by atoms with Crippen molar-refractivity contribution >= 4 is 30.5 Å². The molecule has 0 radical (unpaired) electrons. The van der Waals surface area contributed by atoms with Crippen LogP contribution in [0.4, 0.5) is 0 Å². The van der Waals surface area contributed by atoms with Crippen molar-refractivity contribution in [3.05, 3.63) is 72.3 Å². The summed E-state index contributed by atoms with van der Waals surface area (Å²) >= 11 is 0. The summed E-state index contributed by atoms with van der Waals surface area (Å²) in [5, 5.41) is 1.70. The van der Waals surface area contributed by atoms with Gasteiger partial charge in [0.1, 0.15) is 12.4 Å². The molecule has 3 rings (SSSR count). The molecule has 0 bridgehead atoms. The van der Waals surface area contributed by atoms with E-state index in [0.29, 0.717) is 6.61 Å². The van der Waals surface area contributed by atoms with Gasteiger partial charge in [0, 0.05) is 10.7 Å². The standard InChI is InChI=1S/C17H13ClO3S/c18-22(19,20)17-9-7-14-10-16(8-6-15(14)11-17)21-12-13-4-2-1-3-5-13/h1-11H,12H2. The van der Waals surface area contributed by atoms with Gasteiger partial charge in [-0.3, -0.25) is 0 Å². The van der Waals surface area contributed by atoms with Crippen LogP contribution < -0.4 is 4.74 Å². The highest BCUT2D eigenvalue weighted by atomic mass is 35.7. The van der Waals surface area contributed by atoms with E-state index in [-0.39, 0.29) is 4.90 Å². The van der Waals surface area contributed by atoms with Crippen molar-refractivity contribution < 1.29 is 13.2 Å². The van der Waals surface area contributed by atoms with Crippen LogP contribution in [-0.2, 0) is 15.7 Å².